The zero-order valence-electron chi connectivity index (χ0n) is 11.0. The number of carboxylic acids is 1. The maximum atomic E-state index is 11.9. The molecule has 1 aromatic carbocycles. The van der Waals surface area contributed by atoms with E-state index in [0.717, 1.165) is 12.1 Å². The Balaban J connectivity index is 2.81. The first-order valence-electron chi connectivity index (χ1n) is 5.78. The molecule has 1 unspecified atom stereocenters. The lowest BCUT2D eigenvalue weighted by molar-refractivity contribution is -0.384. The number of amides is 1. The fourth-order valence-electron chi connectivity index (χ4n) is 1.57. The van der Waals surface area contributed by atoms with Crippen molar-refractivity contribution in [3.63, 3.8) is 0 Å². The Labute approximate surface area is 124 Å². The van der Waals surface area contributed by atoms with E-state index in [-0.39, 0.29) is 22.8 Å². The van der Waals surface area contributed by atoms with Crippen molar-refractivity contribution in [1.29, 1.82) is 0 Å². The number of nitrogens with zero attached hydrogens (tertiary/aromatic N) is 1. The van der Waals surface area contributed by atoms with Crippen LogP contribution < -0.4 is 5.32 Å². The van der Waals surface area contributed by atoms with Gasteiger partial charge in [-0.15, -0.1) is 0 Å². The van der Waals surface area contributed by atoms with E-state index in [1.807, 2.05) is 0 Å². The SMILES string of the molecule is CC(O)(CNC(=O)c1cc(Cl)cc([N+](=O)[O-])c1)CC(=O)O. The van der Waals surface area contributed by atoms with E-state index in [0.29, 0.717) is 0 Å². The molecule has 0 aliphatic heterocycles. The average molecular weight is 317 g/mol. The number of benzene rings is 1. The first kappa shape index (κ1) is 16.9. The van der Waals surface area contributed by atoms with Gasteiger partial charge in [0.05, 0.1) is 16.9 Å². The van der Waals surface area contributed by atoms with Crippen LogP contribution in [0.3, 0.4) is 0 Å². The Kier molecular flexibility index (Phi) is 5.23. The van der Waals surface area contributed by atoms with Gasteiger partial charge >= 0.3 is 5.97 Å². The van der Waals surface area contributed by atoms with Gasteiger partial charge in [-0.25, -0.2) is 0 Å². The lowest BCUT2D eigenvalue weighted by atomic mass is 10.0. The van der Waals surface area contributed by atoms with Crippen molar-refractivity contribution in [2.24, 2.45) is 0 Å². The van der Waals surface area contributed by atoms with E-state index in [9.17, 15) is 24.8 Å². The number of aliphatic carboxylic acids is 1. The molecule has 0 heterocycles. The summed E-state index contributed by atoms with van der Waals surface area (Å²) in [5.41, 5.74) is -2.03. The van der Waals surface area contributed by atoms with Crippen LogP contribution in [0.25, 0.3) is 0 Å². The molecule has 21 heavy (non-hydrogen) atoms. The highest BCUT2D eigenvalue weighted by molar-refractivity contribution is 6.31. The van der Waals surface area contributed by atoms with Crippen LogP contribution in [0.1, 0.15) is 23.7 Å². The average Bonchev–Trinajstić information content (AvgIpc) is 2.33. The molecule has 0 saturated carbocycles. The second-order valence-electron chi connectivity index (χ2n) is 4.71. The molecule has 9 heteroatoms. The maximum absolute atomic E-state index is 11.9. The summed E-state index contributed by atoms with van der Waals surface area (Å²) in [4.78, 5) is 32.4. The van der Waals surface area contributed by atoms with Crippen molar-refractivity contribution in [2.75, 3.05) is 6.54 Å². The smallest absolute Gasteiger partial charge is 0.306 e. The fraction of sp³-hybridized carbons (Fsp3) is 0.333. The van der Waals surface area contributed by atoms with Gasteiger partial charge in [0, 0.05) is 29.3 Å². The molecule has 1 amide bonds. The van der Waals surface area contributed by atoms with E-state index in [2.05, 4.69) is 5.32 Å². The standard InChI is InChI=1S/C12H13ClN2O6/c1-12(19,5-10(16)17)6-14-11(18)7-2-8(13)4-9(3-7)15(20)21/h2-4,19H,5-6H2,1H3,(H,14,18)(H,16,17). The van der Waals surface area contributed by atoms with E-state index in [1.54, 1.807) is 0 Å². The molecule has 0 fully saturated rings. The largest absolute Gasteiger partial charge is 0.481 e. The van der Waals surface area contributed by atoms with E-state index >= 15 is 0 Å². The minimum absolute atomic E-state index is 0.0200. The predicted octanol–water partition coefficient (Wildman–Crippen LogP) is 1.20. The van der Waals surface area contributed by atoms with E-state index in [4.69, 9.17) is 16.7 Å². The fourth-order valence-corrected chi connectivity index (χ4v) is 1.80. The number of hydrogen-bond donors (Lipinski definition) is 3. The second-order valence-corrected chi connectivity index (χ2v) is 5.14. The summed E-state index contributed by atoms with van der Waals surface area (Å²) in [5.74, 6) is -1.92. The third kappa shape index (κ3) is 5.36. The molecular weight excluding hydrogens is 304 g/mol. The molecule has 1 aromatic rings. The van der Waals surface area contributed by atoms with Crippen LogP contribution >= 0.6 is 11.6 Å². The van der Waals surface area contributed by atoms with Crippen molar-refractivity contribution in [2.45, 2.75) is 18.9 Å². The minimum Gasteiger partial charge on any atom is -0.481 e. The highest BCUT2D eigenvalue weighted by Crippen LogP contribution is 2.21. The van der Waals surface area contributed by atoms with Crippen molar-refractivity contribution in [1.82, 2.24) is 5.32 Å². The van der Waals surface area contributed by atoms with Gasteiger partial charge in [0.2, 0.25) is 0 Å². The summed E-state index contributed by atoms with van der Waals surface area (Å²) in [5, 5.41) is 31.3. The second kappa shape index (κ2) is 6.51. The van der Waals surface area contributed by atoms with Crippen LogP contribution in [0.2, 0.25) is 5.02 Å². The summed E-state index contributed by atoms with van der Waals surface area (Å²) < 4.78 is 0. The van der Waals surface area contributed by atoms with Crippen molar-refractivity contribution in [3.05, 3.63) is 38.9 Å². The van der Waals surface area contributed by atoms with Gasteiger partial charge in [0.25, 0.3) is 11.6 Å². The Bertz CT molecular complexity index is 587. The van der Waals surface area contributed by atoms with Crippen molar-refractivity contribution >= 4 is 29.2 Å². The predicted molar refractivity (Wildman–Crippen MR) is 73.3 cm³/mol. The number of non-ortho nitro benzene ring substituents is 1. The first-order valence-corrected chi connectivity index (χ1v) is 6.16. The molecule has 0 aliphatic rings. The van der Waals surface area contributed by atoms with Gasteiger partial charge in [0.15, 0.2) is 0 Å². The highest BCUT2D eigenvalue weighted by atomic mass is 35.5. The molecule has 3 N–H and O–H groups in total. The Morgan fingerprint density at radius 1 is 1.43 bits per heavy atom. The quantitative estimate of drug-likeness (QED) is 0.534. The van der Waals surface area contributed by atoms with Crippen LogP contribution in [0, 0.1) is 10.1 Å². The minimum atomic E-state index is -1.63. The molecule has 1 atom stereocenters. The molecule has 0 spiro atoms. The Hall–Kier alpha value is -2.19. The van der Waals surface area contributed by atoms with Gasteiger partial charge in [-0.3, -0.25) is 19.7 Å². The van der Waals surface area contributed by atoms with Crippen LogP contribution in [0.5, 0.6) is 0 Å². The summed E-state index contributed by atoms with van der Waals surface area (Å²) in [7, 11) is 0. The molecule has 1 rings (SSSR count). The monoisotopic (exact) mass is 316 g/mol. The normalized spacial score (nSPS) is 13.3. The van der Waals surface area contributed by atoms with Gasteiger partial charge < -0.3 is 15.5 Å². The number of hydrogen-bond acceptors (Lipinski definition) is 5. The molecule has 0 aliphatic carbocycles. The molecule has 0 radical (unpaired) electrons. The molecule has 0 saturated heterocycles. The number of nitrogens with one attached hydrogen (secondary N) is 1. The zero-order valence-corrected chi connectivity index (χ0v) is 11.8. The summed E-state index contributed by atoms with van der Waals surface area (Å²) in [6, 6.07) is 3.36. The Morgan fingerprint density at radius 3 is 2.57 bits per heavy atom. The molecular formula is C12H13ClN2O6. The van der Waals surface area contributed by atoms with Crippen molar-refractivity contribution < 1.29 is 24.7 Å². The number of halogens is 1. The van der Waals surface area contributed by atoms with Crippen molar-refractivity contribution in [3.8, 4) is 0 Å². The topological polar surface area (TPSA) is 130 Å². The lowest BCUT2D eigenvalue weighted by Crippen LogP contribution is -2.42. The van der Waals surface area contributed by atoms with Crippen LogP contribution in [0.15, 0.2) is 18.2 Å². The third-order valence-corrected chi connectivity index (χ3v) is 2.74. The number of carboxylic acid groups (broad SMARTS) is 1. The van der Waals surface area contributed by atoms with Crippen LogP contribution in [0.4, 0.5) is 5.69 Å². The number of carbonyl (C=O) groups excluding carboxylic acids is 1. The third-order valence-electron chi connectivity index (χ3n) is 2.52. The number of nitro benzene ring substituents is 1. The van der Waals surface area contributed by atoms with Crippen LogP contribution in [-0.4, -0.2) is 39.2 Å². The van der Waals surface area contributed by atoms with E-state index in [1.165, 1.54) is 13.0 Å². The summed E-state index contributed by atoms with van der Waals surface area (Å²) in [6.45, 7) is 0.931. The number of nitro groups is 1. The van der Waals surface area contributed by atoms with Gasteiger partial charge in [0.1, 0.15) is 0 Å². The highest BCUT2D eigenvalue weighted by Gasteiger charge is 2.25. The summed E-state index contributed by atoms with van der Waals surface area (Å²) >= 11 is 5.69. The summed E-state index contributed by atoms with van der Waals surface area (Å²) in [6.07, 6.45) is -0.553. The molecule has 0 aromatic heterocycles. The molecule has 114 valence electrons. The molecule has 8 nitrogen and oxygen atoms in total. The number of carbonyl (C=O) groups is 2. The number of rotatable bonds is 6. The zero-order chi connectivity index (χ0) is 16.2. The maximum Gasteiger partial charge on any atom is 0.306 e. The van der Waals surface area contributed by atoms with Gasteiger partial charge in [-0.1, -0.05) is 11.6 Å². The van der Waals surface area contributed by atoms with Crippen LogP contribution in [-0.2, 0) is 4.79 Å². The lowest BCUT2D eigenvalue weighted by Gasteiger charge is -2.21. The van der Waals surface area contributed by atoms with Gasteiger partial charge in [-0.2, -0.15) is 0 Å². The molecule has 0 bridgehead atoms. The Morgan fingerprint density at radius 2 is 2.05 bits per heavy atom. The van der Waals surface area contributed by atoms with E-state index < -0.39 is 28.8 Å². The van der Waals surface area contributed by atoms with Gasteiger partial charge in [-0.05, 0) is 13.0 Å². The number of aliphatic hydroxyl groups is 1. The first-order chi connectivity index (χ1) is 9.60.